The van der Waals surface area contributed by atoms with Gasteiger partial charge in [0.15, 0.2) is 0 Å². The van der Waals surface area contributed by atoms with Gasteiger partial charge in [0.2, 0.25) is 0 Å². The Balaban J connectivity index is 2.64. The topological polar surface area (TPSA) is 95.9 Å². The van der Waals surface area contributed by atoms with Gasteiger partial charge in [-0.25, -0.2) is 4.79 Å². The number of hydroxylamine groups is 2. The third-order valence-corrected chi connectivity index (χ3v) is 1.37. The van der Waals surface area contributed by atoms with Crippen LogP contribution in [0.5, 0.6) is 0 Å². The molecule has 1 aliphatic heterocycles. The summed E-state index contributed by atoms with van der Waals surface area (Å²) in [5, 5.41) is 2.63. The fraction of sp³-hybridized carbons (Fsp3) is 0.250. The molecule has 8 heteroatoms. The minimum atomic E-state index is -4.63. The number of hydrogen-bond acceptors (Lipinski definition) is 4. The van der Waals surface area contributed by atoms with Crippen molar-refractivity contribution < 1.29 is 22.0 Å². The first-order valence-electron chi connectivity index (χ1n) is 2.89. The van der Waals surface area contributed by atoms with Crippen molar-refractivity contribution in [2.75, 3.05) is 6.54 Å². The van der Waals surface area contributed by atoms with Gasteiger partial charge in [-0.05, 0) is 6.08 Å². The average molecular weight is 194 g/mol. The molecule has 0 unspecified atom stereocenters. The van der Waals surface area contributed by atoms with E-state index in [9.17, 15) is 13.2 Å². The van der Waals surface area contributed by atoms with Crippen molar-refractivity contribution in [3.63, 3.8) is 0 Å². The number of amides is 2. The SMILES string of the molecule is O=C1NC=CCN1OS(=O)(=O)O. The van der Waals surface area contributed by atoms with Gasteiger partial charge < -0.3 is 5.32 Å². The van der Waals surface area contributed by atoms with Crippen molar-refractivity contribution in [2.24, 2.45) is 0 Å². The molecule has 0 saturated heterocycles. The zero-order valence-electron chi connectivity index (χ0n) is 5.80. The highest BCUT2D eigenvalue weighted by atomic mass is 32.3. The average Bonchev–Trinajstić information content (AvgIpc) is 1.91. The van der Waals surface area contributed by atoms with Crippen LogP contribution in [0.2, 0.25) is 0 Å². The first-order valence-corrected chi connectivity index (χ1v) is 4.25. The second-order valence-corrected chi connectivity index (χ2v) is 2.92. The Morgan fingerprint density at radius 1 is 1.67 bits per heavy atom. The molecule has 0 aromatic carbocycles. The molecule has 2 N–H and O–H groups in total. The predicted molar refractivity (Wildman–Crippen MR) is 37.0 cm³/mol. The summed E-state index contributed by atoms with van der Waals surface area (Å²) < 4.78 is 32.3. The van der Waals surface area contributed by atoms with E-state index < -0.39 is 16.4 Å². The maximum Gasteiger partial charge on any atom is 0.418 e. The molecule has 1 rings (SSSR count). The lowest BCUT2D eigenvalue weighted by Gasteiger charge is -2.19. The maximum absolute atomic E-state index is 10.7. The van der Waals surface area contributed by atoms with Gasteiger partial charge in [-0.3, -0.25) is 4.55 Å². The summed E-state index contributed by atoms with van der Waals surface area (Å²) in [7, 11) is -4.63. The number of hydrogen-bond donors (Lipinski definition) is 2. The second kappa shape index (κ2) is 3.09. The number of nitrogens with one attached hydrogen (secondary N) is 1. The zero-order chi connectivity index (χ0) is 9.19. The molecule has 7 nitrogen and oxygen atoms in total. The van der Waals surface area contributed by atoms with E-state index in [1.807, 2.05) is 0 Å². The first-order chi connectivity index (χ1) is 5.49. The van der Waals surface area contributed by atoms with Gasteiger partial charge in [0.25, 0.3) is 0 Å². The molecule has 1 aliphatic rings. The molecule has 0 aromatic heterocycles. The van der Waals surface area contributed by atoms with Crippen LogP contribution in [0.1, 0.15) is 0 Å². The second-order valence-electron chi connectivity index (χ2n) is 1.92. The van der Waals surface area contributed by atoms with E-state index in [0.29, 0.717) is 5.06 Å². The number of carbonyl (C=O) groups excluding carboxylic acids is 1. The Kier molecular flexibility index (Phi) is 2.31. The summed E-state index contributed by atoms with van der Waals surface area (Å²) in [6.07, 6.45) is 2.79. The standard InChI is InChI=1S/C4H6N2O5S/c7-4-5-2-1-3-6(4)11-12(8,9)10/h1-2H,3H2,(H,5,7)(H,8,9,10). The number of urea groups is 1. The minimum absolute atomic E-state index is 0.0361. The normalized spacial score (nSPS) is 17.8. The molecule has 2 amide bonds. The largest absolute Gasteiger partial charge is 0.418 e. The Morgan fingerprint density at radius 3 is 2.83 bits per heavy atom. The van der Waals surface area contributed by atoms with Crippen LogP contribution in [0, 0.1) is 0 Å². The van der Waals surface area contributed by atoms with Gasteiger partial charge in [-0.1, -0.05) is 0 Å². The van der Waals surface area contributed by atoms with Gasteiger partial charge in [0.05, 0.1) is 6.54 Å². The zero-order valence-corrected chi connectivity index (χ0v) is 6.61. The molecular weight excluding hydrogens is 188 g/mol. The monoisotopic (exact) mass is 194 g/mol. The molecule has 1 heterocycles. The lowest BCUT2D eigenvalue weighted by molar-refractivity contribution is -0.00796. The molecule has 0 fully saturated rings. The smallest absolute Gasteiger partial charge is 0.313 e. The number of rotatable bonds is 2. The van der Waals surface area contributed by atoms with Gasteiger partial charge in [0, 0.05) is 6.20 Å². The van der Waals surface area contributed by atoms with Crippen molar-refractivity contribution in [2.45, 2.75) is 0 Å². The molecule has 0 atom stereocenters. The molecule has 12 heavy (non-hydrogen) atoms. The van der Waals surface area contributed by atoms with Crippen LogP contribution >= 0.6 is 0 Å². The summed E-state index contributed by atoms with van der Waals surface area (Å²) in [5.74, 6) is 0. The fourth-order valence-corrected chi connectivity index (χ4v) is 0.967. The Hall–Kier alpha value is -1.12. The van der Waals surface area contributed by atoms with Crippen LogP contribution in [0.15, 0.2) is 12.3 Å². The van der Waals surface area contributed by atoms with Gasteiger partial charge in [-0.2, -0.15) is 13.5 Å². The minimum Gasteiger partial charge on any atom is -0.313 e. The number of carbonyl (C=O) groups is 1. The Labute approximate surface area is 68.5 Å². The molecule has 0 bridgehead atoms. The summed E-state index contributed by atoms with van der Waals surface area (Å²) in [5.41, 5.74) is 0. The Morgan fingerprint density at radius 2 is 2.33 bits per heavy atom. The lowest BCUT2D eigenvalue weighted by Crippen LogP contribution is -2.41. The maximum atomic E-state index is 10.7. The van der Waals surface area contributed by atoms with E-state index in [4.69, 9.17) is 4.55 Å². The van der Waals surface area contributed by atoms with Crippen molar-refractivity contribution in [1.29, 1.82) is 0 Å². The summed E-state index contributed by atoms with van der Waals surface area (Å²) >= 11 is 0. The van der Waals surface area contributed by atoms with Crippen LogP contribution < -0.4 is 5.32 Å². The third kappa shape index (κ3) is 2.49. The van der Waals surface area contributed by atoms with Crippen molar-refractivity contribution in [1.82, 2.24) is 10.4 Å². The predicted octanol–water partition coefficient (Wildman–Crippen LogP) is -0.740. The Bertz CT molecular complexity index is 307. The van der Waals surface area contributed by atoms with Gasteiger partial charge >= 0.3 is 16.4 Å². The molecular formula is C4H6N2O5S. The van der Waals surface area contributed by atoms with Crippen molar-refractivity contribution >= 4 is 16.4 Å². The van der Waals surface area contributed by atoms with E-state index in [0.717, 1.165) is 0 Å². The molecule has 0 saturated carbocycles. The summed E-state index contributed by atoms with van der Waals surface area (Å²) in [6, 6.07) is -0.755. The third-order valence-electron chi connectivity index (χ3n) is 1.01. The first kappa shape index (κ1) is 8.97. The van der Waals surface area contributed by atoms with Crippen LogP contribution in [0.4, 0.5) is 4.79 Å². The highest BCUT2D eigenvalue weighted by Gasteiger charge is 2.20. The van der Waals surface area contributed by atoms with Gasteiger partial charge in [0.1, 0.15) is 0 Å². The van der Waals surface area contributed by atoms with E-state index >= 15 is 0 Å². The van der Waals surface area contributed by atoms with E-state index in [1.165, 1.54) is 12.3 Å². The lowest BCUT2D eigenvalue weighted by atomic mass is 10.5. The van der Waals surface area contributed by atoms with Crippen LogP contribution in [-0.4, -0.2) is 30.6 Å². The van der Waals surface area contributed by atoms with E-state index in [1.54, 1.807) is 0 Å². The van der Waals surface area contributed by atoms with E-state index in [-0.39, 0.29) is 6.54 Å². The molecule has 0 aliphatic carbocycles. The van der Waals surface area contributed by atoms with Crippen LogP contribution in [0.25, 0.3) is 0 Å². The van der Waals surface area contributed by atoms with Gasteiger partial charge in [-0.15, -0.1) is 4.28 Å². The number of nitrogens with zero attached hydrogens (tertiary/aromatic N) is 1. The van der Waals surface area contributed by atoms with Crippen LogP contribution in [0.3, 0.4) is 0 Å². The molecule has 0 spiro atoms. The highest BCUT2D eigenvalue weighted by molar-refractivity contribution is 7.80. The quantitative estimate of drug-likeness (QED) is 0.564. The molecule has 0 radical (unpaired) electrons. The summed E-state index contributed by atoms with van der Waals surface area (Å²) in [6.45, 7) is -0.0361. The van der Waals surface area contributed by atoms with Crippen molar-refractivity contribution in [3.8, 4) is 0 Å². The molecule has 68 valence electrons. The molecule has 0 aromatic rings. The fourth-order valence-electron chi connectivity index (χ4n) is 0.612. The van der Waals surface area contributed by atoms with Crippen LogP contribution in [-0.2, 0) is 14.7 Å². The summed E-state index contributed by atoms with van der Waals surface area (Å²) in [4.78, 5) is 10.7. The van der Waals surface area contributed by atoms with Crippen molar-refractivity contribution in [3.05, 3.63) is 12.3 Å². The van der Waals surface area contributed by atoms with E-state index in [2.05, 4.69) is 9.60 Å². The highest BCUT2D eigenvalue weighted by Crippen LogP contribution is 2.00.